The van der Waals surface area contributed by atoms with Gasteiger partial charge >= 0.3 is 0 Å². The van der Waals surface area contributed by atoms with Crippen LogP contribution in [0.4, 0.5) is 0 Å². The summed E-state index contributed by atoms with van der Waals surface area (Å²) >= 11 is 0. The van der Waals surface area contributed by atoms with E-state index >= 15 is 0 Å². The number of carbonyl (C=O) groups is 2. The van der Waals surface area contributed by atoms with Crippen molar-refractivity contribution in [3.05, 3.63) is 0 Å². The van der Waals surface area contributed by atoms with Crippen LogP contribution in [0, 0.1) is 5.92 Å². The Bertz CT molecular complexity index is 516. The van der Waals surface area contributed by atoms with Crippen molar-refractivity contribution in [2.45, 2.75) is 187 Å². The Morgan fingerprint density at radius 2 is 0.868 bits per heavy atom. The molecule has 0 aliphatic carbocycles. The average molecular weight is 536 g/mol. The molecule has 0 fully saturated rings. The number of hydrogen-bond donors (Lipinski definition) is 0. The van der Waals surface area contributed by atoms with E-state index in [2.05, 4.69) is 32.8 Å². The van der Waals surface area contributed by atoms with Gasteiger partial charge in [0.25, 0.3) is 0 Å². The minimum Gasteiger partial charge on any atom is -0.309 e. The van der Waals surface area contributed by atoms with E-state index < -0.39 is 0 Å². The maximum absolute atomic E-state index is 13.0. The van der Waals surface area contributed by atoms with Gasteiger partial charge in [0, 0.05) is 25.2 Å². The predicted molar refractivity (Wildman–Crippen MR) is 168 cm³/mol. The first-order valence-corrected chi connectivity index (χ1v) is 17.2. The zero-order chi connectivity index (χ0) is 28.1. The fourth-order valence-electron chi connectivity index (χ4n) is 5.56. The maximum atomic E-state index is 13.0. The molecule has 3 heteroatoms. The highest BCUT2D eigenvalue weighted by Gasteiger charge is 2.21. The summed E-state index contributed by atoms with van der Waals surface area (Å²) in [4.78, 5) is 27.9. The fourth-order valence-corrected chi connectivity index (χ4v) is 5.56. The average Bonchev–Trinajstić information content (AvgIpc) is 2.89. The molecule has 0 N–H and O–H groups in total. The molecule has 1 unspecified atom stereocenters. The van der Waals surface area contributed by atoms with Gasteiger partial charge < -0.3 is 4.90 Å². The second-order valence-electron chi connectivity index (χ2n) is 12.4. The van der Waals surface area contributed by atoms with Crippen LogP contribution in [0.25, 0.3) is 0 Å². The van der Waals surface area contributed by atoms with Crippen molar-refractivity contribution >= 4 is 11.6 Å². The quantitative estimate of drug-likeness (QED) is 0.0828. The third-order valence-corrected chi connectivity index (χ3v) is 8.17. The van der Waals surface area contributed by atoms with E-state index in [1.54, 1.807) is 0 Å². The van der Waals surface area contributed by atoms with Gasteiger partial charge in [0.1, 0.15) is 11.6 Å². The lowest BCUT2D eigenvalue weighted by molar-refractivity contribution is -0.128. The van der Waals surface area contributed by atoms with E-state index in [4.69, 9.17) is 0 Å². The van der Waals surface area contributed by atoms with Crippen molar-refractivity contribution in [2.75, 3.05) is 20.6 Å². The maximum Gasteiger partial charge on any atom is 0.136 e. The molecule has 0 heterocycles. The van der Waals surface area contributed by atoms with Crippen LogP contribution in [-0.4, -0.2) is 37.1 Å². The number of carbonyl (C=O) groups excluding carboxylic acids is 2. The van der Waals surface area contributed by atoms with Gasteiger partial charge in [-0.1, -0.05) is 142 Å². The summed E-state index contributed by atoms with van der Waals surface area (Å²) < 4.78 is 0. The molecule has 0 saturated carbocycles. The van der Waals surface area contributed by atoms with E-state index in [1.807, 2.05) is 0 Å². The molecule has 0 aromatic rings. The Morgan fingerprint density at radius 3 is 1.26 bits per heavy atom. The molecule has 0 aromatic carbocycles. The summed E-state index contributed by atoms with van der Waals surface area (Å²) in [5.41, 5.74) is 0. The van der Waals surface area contributed by atoms with Gasteiger partial charge in [-0.05, 0) is 46.3 Å². The molecule has 0 aliphatic heterocycles. The van der Waals surface area contributed by atoms with Crippen LogP contribution >= 0.6 is 0 Å². The van der Waals surface area contributed by atoms with Crippen LogP contribution < -0.4 is 0 Å². The zero-order valence-electron chi connectivity index (χ0n) is 26.6. The topological polar surface area (TPSA) is 37.4 Å². The van der Waals surface area contributed by atoms with Crippen LogP contribution in [0.1, 0.15) is 187 Å². The Balaban J connectivity index is 4.01. The van der Waals surface area contributed by atoms with Crippen LogP contribution in [0.15, 0.2) is 0 Å². The zero-order valence-corrected chi connectivity index (χ0v) is 26.6. The van der Waals surface area contributed by atoms with Crippen molar-refractivity contribution in [1.29, 1.82) is 0 Å². The van der Waals surface area contributed by atoms with Crippen molar-refractivity contribution in [3.63, 3.8) is 0 Å². The molecule has 0 aromatic heterocycles. The van der Waals surface area contributed by atoms with Crippen LogP contribution in [0.5, 0.6) is 0 Å². The van der Waals surface area contributed by atoms with Gasteiger partial charge in [-0.15, -0.1) is 0 Å². The Kier molecular flexibility index (Phi) is 28.7. The number of hydrogen-bond acceptors (Lipinski definition) is 3. The first kappa shape index (κ1) is 37.3. The van der Waals surface area contributed by atoms with Crippen LogP contribution in [0.3, 0.4) is 0 Å². The summed E-state index contributed by atoms with van der Waals surface area (Å²) in [5.74, 6) is 0.633. The molecule has 0 spiro atoms. The lowest BCUT2D eigenvalue weighted by Gasteiger charge is -2.17. The van der Waals surface area contributed by atoms with E-state index in [0.717, 1.165) is 32.2 Å². The number of unbranched alkanes of at least 4 members (excludes halogenated alkanes) is 20. The molecule has 0 amide bonds. The third-order valence-electron chi connectivity index (χ3n) is 8.17. The smallest absolute Gasteiger partial charge is 0.136 e. The SMILES string of the molecule is CCCCCCCCCCCCCC(=O)CC(CCCN(C)C)C(=O)CCCCCCCCCCCCC. The molecule has 0 aliphatic rings. The number of ketones is 2. The first-order valence-electron chi connectivity index (χ1n) is 17.2. The number of nitrogens with zero attached hydrogens (tertiary/aromatic N) is 1. The summed E-state index contributed by atoms with van der Waals surface area (Å²) in [7, 11) is 4.17. The molecular formula is C35H69NO2. The van der Waals surface area contributed by atoms with Gasteiger partial charge in [0.2, 0.25) is 0 Å². The van der Waals surface area contributed by atoms with Crippen molar-refractivity contribution in [3.8, 4) is 0 Å². The molecule has 0 saturated heterocycles. The molecule has 0 bridgehead atoms. The van der Waals surface area contributed by atoms with Gasteiger partial charge in [0.15, 0.2) is 0 Å². The summed E-state index contributed by atoms with van der Waals surface area (Å²) in [5, 5.41) is 0. The highest BCUT2D eigenvalue weighted by molar-refractivity contribution is 5.87. The van der Waals surface area contributed by atoms with E-state index in [0.29, 0.717) is 30.8 Å². The summed E-state index contributed by atoms with van der Waals surface area (Å²) in [6.07, 6.45) is 32.4. The van der Waals surface area contributed by atoms with Gasteiger partial charge in [0.05, 0.1) is 0 Å². The second-order valence-corrected chi connectivity index (χ2v) is 12.4. The monoisotopic (exact) mass is 536 g/mol. The largest absolute Gasteiger partial charge is 0.309 e. The van der Waals surface area contributed by atoms with Gasteiger partial charge in [-0.2, -0.15) is 0 Å². The molecule has 226 valence electrons. The second kappa shape index (κ2) is 29.3. The molecule has 1 atom stereocenters. The molecular weight excluding hydrogens is 466 g/mol. The van der Waals surface area contributed by atoms with E-state index in [9.17, 15) is 9.59 Å². The normalized spacial score (nSPS) is 12.3. The van der Waals surface area contributed by atoms with Crippen molar-refractivity contribution in [2.24, 2.45) is 5.92 Å². The lowest BCUT2D eigenvalue weighted by atomic mass is 9.88. The standard InChI is InChI=1S/C35H69NO2/c1-5-7-9-11-13-15-17-19-21-23-25-29-34(37)32-33(28-27-31-36(3)4)35(38)30-26-24-22-20-18-16-14-12-10-8-6-2/h33H,5-32H2,1-4H3. The van der Waals surface area contributed by atoms with Gasteiger partial charge in [-0.25, -0.2) is 0 Å². The summed E-state index contributed by atoms with van der Waals surface area (Å²) in [6, 6.07) is 0. The highest BCUT2D eigenvalue weighted by Crippen LogP contribution is 2.20. The molecule has 0 rings (SSSR count). The predicted octanol–water partition coefficient (Wildman–Crippen LogP) is 10.9. The molecule has 3 nitrogen and oxygen atoms in total. The third kappa shape index (κ3) is 26.9. The first-order chi connectivity index (χ1) is 18.5. The van der Waals surface area contributed by atoms with E-state index in [-0.39, 0.29) is 5.92 Å². The minimum atomic E-state index is -0.0433. The van der Waals surface area contributed by atoms with Crippen LogP contribution in [-0.2, 0) is 9.59 Å². The van der Waals surface area contributed by atoms with E-state index in [1.165, 1.54) is 128 Å². The molecule has 38 heavy (non-hydrogen) atoms. The Labute approximate surface area is 239 Å². The van der Waals surface area contributed by atoms with Crippen molar-refractivity contribution < 1.29 is 9.59 Å². The number of rotatable bonds is 31. The lowest BCUT2D eigenvalue weighted by Crippen LogP contribution is -2.21. The summed E-state index contributed by atoms with van der Waals surface area (Å²) in [6.45, 7) is 5.54. The van der Waals surface area contributed by atoms with Gasteiger partial charge in [-0.3, -0.25) is 9.59 Å². The number of Topliss-reactive ketones (excluding diaryl/α,β-unsaturated/α-hetero) is 2. The molecule has 0 radical (unpaired) electrons. The highest BCUT2D eigenvalue weighted by atomic mass is 16.1. The minimum absolute atomic E-state index is 0.0433. The van der Waals surface area contributed by atoms with Crippen molar-refractivity contribution in [1.82, 2.24) is 4.90 Å². The Hall–Kier alpha value is -0.700. The Morgan fingerprint density at radius 1 is 0.500 bits per heavy atom. The van der Waals surface area contributed by atoms with Crippen LogP contribution in [0.2, 0.25) is 0 Å². The fraction of sp³-hybridized carbons (Fsp3) is 0.943.